The monoisotopic (exact) mass is 341 g/mol. The van der Waals surface area contributed by atoms with E-state index in [0.717, 1.165) is 35.5 Å². The number of aliphatic carboxylic acids is 1. The lowest BCUT2D eigenvalue weighted by atomic mass is 10.0. The fraction of sp³-hybridized carbons (Fsp3) is 0.0870. The lowest BCUT2D eigenvalue weighted by Crippen LogP contribution is -2.20. The molecule has 3 heteroatoms. The van der Waals surface area contributed by atoms with Crippen LogP contribution in [0, 0.1) is 0 Å². The van der Waals surface area contributed by atoms with Crippen LogP contribution in [0.15, 0.2) is 73.3 Å². The molecule has 0 saturated carbocycles. The second-order valence-electron chi connectivity index (χ2n) is 6.56. The highest BCUT2D eigenvalue weighted by molar-refractivity contribution is 5.93. The minimum Gasteiger partial charge on any atom is -0.478 e. The molecule has 1 N–H and O–H groups in total. The molecule has 3 nitrogen and oxygen atoms in total. The van der Waals surface area contributed by atoms with Gasteiger partial charge in [-0.05, 0) is 39.6 Å². The van der Waals surface area contributed by atoms with Gasteiger partial charge in [0.15, 0.2) is 0 Å². The normalized spacial score (nSPS) is 13.5. The molecule has 0 atom stereocenters. The SMILES string of the molecule is C=C1CN(Cc2ccc3ccccc3c2)c2c(/C=C/C(=O)O)cccc21. The van der Waals surface area contributed by atoms with Gasteiger partial charge in [0.25, 0.3) is 0 Å². The second kappa shape index (κ2) is 6.52. The molecule has 3 aromatic carbocycles. The molecule has 3 aromatic rings. The van der Waals surface area contributed by atoms with Crippen LogP contribution in [0.1, 0.15) is 16.7 Å². The van der Waals surface area contributed by atoms with Crippen molar-refractivity contribution in [2.75, 3.05) is 11.4 Å². The Hall–Kier alpha value is -3.33. The molecule has 0 amide bonds. The maximum Gasteiger partial charge on any atom is 0.328 e. The quantitative estimate of drug-likeness (QED) is 0.681. The number of fused-ring (bicyclic) bond motifs is 2. The molecule has 0 fully saturated rings. The average molecular weight is 341 g/mol. The molecule has 0 saturated heterocycles. The number of carboxylic acid groups (broad SMARTS) is 1. The molecule has 0 unspecified atom stereocenters. The van der Waals surface area contributed by atoms with Gasteiger partial charge in [-0.1, -0.05) is 61.2 Å². The smallest absolute Gasteiger partial charge is 0.328 e. The highest BCUT2D eigenvalue weighted by atomic mass is 16.4. The van der Waals surface area contributed by atoms with Crippen molar-refractivity contribution >= 4 is 34.1 Å². The third-order valence-electron chi connectivity index (χ3n) is 4.74. The van der Waals surface area contributed by atoms with E-state index in [1.807, 2.05) is 24.3 Å². The Morgan fingerprint density at radius 2 is 1.88 bits per heavy atom. The van der Waals surface area contributed by atoms with Crippen LogP contribution in [0.3, 0.4) is 0 Å². The van der Waals surface area contributed by atoms with E-state index in [0.29, 0.717) is 0 Å². The highest BCUT2D eigenvalue weighted by Crippen LogP contribution is 2.39. The maximum absolute atomic E-state index is 10.9. The van der Waals surface area contributed by atoms with E-state index < -0.39 is 5.97 Å². The van der Waals surface area contributed by atoms with Crippen LogP contribution < -0.4 is 4.90 Å². The summed E-state index contributed by atoms with van der Waals surface area (Å²) < 4.78 is 0. The van der Waals surface area contributed by atoms with Crippen LogP contribution in [-0.2, 0) is 11.3 Å². The first-order valence-electron chi connectivity index (χ1n) is 8.56. The number of nitrogens with zero attached hydrogens (tertiary/aromatic N) is 1. The first-order chi connectivity index (χ1) is 12.6. The van der Waals surface area contributed by atoms with Gasteiger partial charge in [0.1, 0.15) is 0 Å². The molecule has 0 bridgehead atoms. The molecule has 0 aromatic heterocycles. The van der Waals surface area contributed by atoms with E-state index in [9.17, 15) is 4.79 Å². The van der Waals surface area contributed by atoms with Gasteiger partial charge in [0, 0.05) is 24.7 Å². The zero-order valence-corrected chi connectivity index (χ0v) is 14.4. The van der Waals surface area contributed by atoms with E-state index in [-0.39, 0.29) is 0 Å². The summed E-state index contributed by atoms with van der Waals surface area (Å²) in [6.45, 7) is 5.70. The second-order valence-corrected chi connectivity index (χ2v) is 6.56. The van der Waals surface area contributed by atoms with Crippen molar-refractivity contribution in [2.24, 2.45) is 0 Å². The number of benzene rings is 3. The molecule has 1 aliphatic heterocycles. The van der Waals surface area contributed by atoms with Crippen LogP contribution in [0.25, 0.3) is 22.4 Å². The summed E-state index contributed by atoms with van der Waals surface area (Å²) in [5.74, 6) is -0.944. The first kappa shape index (κ1) is 16.2. The van der Waals surface area contributed by atoms with Crippen molar-refractivity contribution in [3.8, 4) is 0 Å². The summed E-state index contributed by atoms with van der Waals surface area (Å²) in [7, 11) is 0. The third-order valence-corrected chi connectivity index (χ3v) is 4.74. The Balaban J connectivity index is 1.71. The minimum absolute atomic E-state index is 0.750. The van der Waals surface area contributed by atoms with E-state index in [4.69, 9.17) is 5.11 Å². The van der Waals surface area contributed by atoms with Gasteiger partial charge >= 0.3 is 5.97 Å². The van der Waals surface area contributed by atoms with Gasteiger partial charge in [-0.2, -0.15) is 0 Å². The largest absolute Gasteiger partial charge is 0.478 e. The molecule has 128 valence electrons. The predicted molar refractivity (Wildman–Crippen MR) is 107 cm³/mol. The molecule has 4 rings (SSSR count). The highest BCUT2D eigenvalue weighted by Gasteiger charge is 2.24. The van der Waals surface area contributed by atoms with Crippen molar-refractivity contribution in [3.63, 3.8) is 0 Å². The standard InChI is InChI=1S/C23H19NO2/c1-16-14-24(15-17-9-10-18-5-2-3-6-20(18)13-17)23-19(11-12-22(25)26)7-4-8-21(16)23/h2-13H,1,14-15H2,(H,25,26)/b12-11+. The number of carbonyl (C=O) groups is 1. The van der Waals surface area contributed by atoms with E-state index in [1.54, 1.807) is 6.08 Å². The lowest BCUT2D eigenvalue weighted by molar-refractivity contribution is -0.131. The van der Waals surface area contributed by atoms with Crippen LogP contribution in [0.5, 0.6) is 0 Å². The number of hydrogen-bond donors (Lipinski definition) is 1. The van der Waals surface area contributed by atoms with Crippen molar-refractivity contribution < 1.29 is 9.90 Å². The minimum atomic E-state index is -0.944. The average Bonchev–Trinajstić information content (AvgIpc) is 2.96. The Bertz CT molecular complexity index is 1050. The van der Waals surface area contributed by atoms with Gasteiger partial charge in [-0.15, -0.1) is 0 Å². The summed E-state index contributed by atoms with van der Waals surface area (Å²) in [6.07, 6.45) is 2.85. The number of rotatable bonds is 4. The van der Waals surface area contributed by atoms with Crippen molar-refractivity contribution in [2.45, 2.75) is 6.54 Å². The summed E-state index contributed by atoms with van der Waals surface area (Å²) in [5.41, 5.74) is 5.35. The number of hydrogen-bond acceptors (Lipinski definition) is 2. The Morgan fingerprint density at radius 1 is 1.08 bits per heavy atom. The fourth-order valence-electron chi connectivity index (χ4n) is 3.58. The Morgan fingerprint density at radius 3 is 2.69 bits per heavy atom. The van der Waals surface area contributed by atoms with E-state index in [1.165, 1.54) is 22.4 Å². The molecule has 0 radical (unpaired) electrons. The topological polar surface area (TPSA) is 40.5 Å². The molecule has 26 heavy (non-hydrogen) atoms. The zero-order valence-electron chi connectivity index (χ0n) is 14.4. The number of anilines is 1. The van der Waals surface area contributed by atoms with Gasteiger partial charge < -0.3 is 10.0 Å². The zero-order chi connectivity index (χ0) is 18.1. The fourth-order valence-corrected chi connectivity index (χ4v) is 3.58. The summed E-state index contributed by atoms with van der Waals surface area (Å²) in [6, 6.07) is 20.8. The van der Waals surface area contributed by atoms with E-state index >= 15 is 0 Å². The maximum atomic E-state index is 10.9. The van der Waals surface area contributed by atoms with Gasteiger partial charge in [0.05, 0.1) is 5.69 Å². The van der Waals surface area contributed by atoms with Gasteiger partial charge in [-0.3, -0.25) is 0 Å². The predicted octanol–water partition coefficient (Wildman–Crippen LogP) is 4.97. The van der Waals surface area contributed by atoms with Crippen LogP contribution in [0.4, 0.5) is 5.69 Å². The third kappa shape index (κ3) is 3.00. The van der Waals surface area contributed by atoms with Crippen LogP contribution >= 0.6 is 0 Å². The van der Waals surface area contributed by atoms with Crippen LogP contribution in [-0.4, -0.2) is 17.6 Å². The van der Waals surface area contributed by atoms with Gasteiger partial charge in [-0.25, -0.2) is 4.79 Å². The summed E-state index contributed by atoms with van der Waals surface area (Å²) >= 11 is 0. The first-order valence-corrected chi connectivity index (χ1v) is 8.56. The molecular weight excluding hydrogens is 322 g/mol. The van der Waals surface area contributed by atoms with E-state index in [2.05, 4.69) is 47.9 Å². The lowest BCUT2D eigenvalue weighted by Gasteiger charge is -2.21. The Kier molecular flexibility index (Phi) is 4.05. The molecule has 0 spiro atoms. The summed E-state index contributed by atoms with van der Waals surface area (Å²) in [5, 5.41) is 11.4. The Labute approximate surface area is 152 Å². The number of carboxylic acids is 1. The van der Waals surface area contributed by atoms with Crippen molar-refractivity contribution in [1.82, 2.24) is 0 Å². The molecule has 0 aliphatic carbocycles. The van der Waals surface area contributed by atoms with Crippen molar-refractivity contribution in [3.05, 3.63) is 90.0 Å². The summed E-state index contributed by atoms with van der Waals surface area (Å²) in [4.78, 5) is 13.2. The van der Waals surface area contributed by atoms with Crippen LogP contribution in [0.2, 0.25) is 0 Å². The number of para-hydroxylation sites is 1. The molecular formula is C23H19NO2. The molecule has 1 aliphatic rings. The molecule has 1 heterocycles. The van der Waals surface area contributed by atoms with Gasteiger partial charge in [0.2, 0.25) is 0 Å². The van der Waals surface area contributed by atoms with Crippen molar-refractivity contribution in [1.29, 1.82) is 0 Å².